The predicted molar refractivity (Wildman–Crippen MR) is 92.5 cm³/mol. The summed E-state index contributed by atoms with van der Waals surface area (Å²) in [7, 11) is 1.45. The normalized spacial score (nSPS) is 10.3. The second-order valence-electron chi connectivity index (χ2n) is 5.11. The number of carbonyl (C=O) groups excluding carboxylic acids is 1. The molecular weight excluding hydrogens is 332 g/mol. The Morgan fingerprint density at radius 1 is 1.38 bits per heavy atom. The van der Waals surface area contributed by atoms with E-state index in [9.17, 15) is 14.9 Å². The van der Waals surface area contributed by atoms with Crippen LogP contribution in [0, 0.1) is 24.0 Å². The number of benzene rings is 1. The van der Waals surface area contributed by atoms with Crippen molar-refractivity contribution in [2.45, 2.75) is 13.8 Å². The van der Waals surface area contributed by atoms with Crippen LogP contribution in [0.2, 0.25) is 0 Å². The molecule has 2 rings (SSSR count). The first kappa shape index (κ1) is 17.3. The summed E-state index contributed by atoms with van der Waals surface area (Å²) in [6.07, 6.45) is 0. The molecule has 0 aliphatic heterocycles. The van der Waals surface area contributed by atoms with Gasteiger partial charge in [0.25, 0.3) is 5.91 Å². The zero-order chi connectivity index (χ0) is 18.0. The van der Waals surface area contributed by atoms with Gasteiger partial charge in [-0.15, -0.1) is 0 Å². The fraction of sp³-hybridized carbons (Fsp3) is 0.214. The first-order chi connectivity index (χ1) is 11.2. The van der Waals surface area contributed by atoms with Crippen molar-refractivity contribution in [3.05, 3.63) is 51.3 Å². The summed E-state index contributed by atoms with van der Waals surface area (Å²) >= 11 is 4.96. The van der Waals surface area contributed by atoms with Crippen LogP contribution in [0.25, 0.3) is 0 Å². The Morgan fingerprint density at radius 2 is 1.96 bits per heavy atom. The van der Waals surface area contributed by atoms with E-state index in [1.54, 1.807) is 12.1 Å². The number of hydrogen-bond acceptors (Lipinski definition) is 5. The Morgan fingerprint density at radius 3 is 2.46 bits per heavy atom. The maximum absolute atomic E-state index is 12.5. The smallest absolute Gasteiger partial charge is 0.322 e. The number of carbonyl (C=O) groups is 1. The van der Waals surface area contributed by atoms with E-state index in [0.29, 0.717) is 5.69 Å². The average molecular weight is 348 g/mol. The molecule has 9 nitrogen and oxygen atoms in total. The molecule has 1 amide bonds. The Hall–Kier alpha value is -3.01. The van der Waals surface area contributed by atoms with Gasteiger partial charge in [0.1, 0.15) is 5.69 Å². The molecular formula is C14H16N6O3S. The molecule has 0 aliphatic carbocycles. The highest BCUT2D eigenvalue weighted by Crippen LogP contribution is 2.22. The molecule has 0 aliphatic rings. The van der Waals surface area contributed by atoms with E-state index < -0.39 is 10.8 Å². The molecule has 0 spiro atoms. The van der Waals surface area contributed by atoms with Crippen molar-refractivity contribution in [2.75, 3.05) is 5.01 Å². The summed E-state index contributed by atoms with van der Waals surface area (Å²) in [4.78, 5) is 23.1. The monoisotopic (exact) mass is 348 g/mol. The number of nitro groups is 1. The lowest BCUT2D eigenvalue weighted by Gasteiger charge is -2.23. The number of rotatable bonds is 3. The van der Waals surface area contributed by atoms with Crippen LogP contribution in [-0.2, 0) is 7.05 Å². The van der Waals surface area contributed by atoms with Gasteiger partial charge in [-0.05, 0) is 38.2 Å². The Bertz CT molecular complexity index is 815. The molecule has 2 aromatic rings. The molecule has 0 atom stereocenters. The van der Waals surface area contributed by atoms with Crippen molar-refractivity contribution >= 4 is 34.6 Å². The number of nitrogens with two attached hydrogens (primary N) is 1. The number of anilines is 1. The van der Waals surface area contributed by atoms with E-state index in [4.69, 9.17) is 18.0 Å². The second-order valence-corrected chi connectivity index (χ2v) is 5.53. The van der Waals surface area contributed by atoms with Crippen LogP contribution in [0.1, 0.15) is 21.7 Å². The molecule has 24 heavy (non-hydrogen) atoms. The van der Waals surface area contributed by atoms with Crippen LogP contribution in [-0.4, -0.2) is 25.7 Å². The molecule has 0 radical (unpaired) electrons. The maximum atomic E-state index is 12.5. The number of nitrogens with one attached hydrogen (secondary N) is 1. The summed E-state index contributed by atoms with van der Waals surface area (Å²) < 4.78 is 1.15. The van der Waals surface area contributed by atoms with Crippen LogP contribution in [0.15, 0.2) is 24.3 Å². The number of hydrazine groups is 1. The van der Waals surface area contributed by atoms with E-state index in [2.05, 4.69) is 10.5 Å². The number of aromatic nitrogens is 2. The zero-order valence-corrected chi connectivity index (χ0v) is 14.1. The zero-order valence-electron chi connectivity index (χ0n) is 13.3. The molecule has 3 N–H and O–H groups in total. The second kappa shape index (κ2) is 6.62. The first-order valence-corrected chi connectivity index (χ1v) is 7.28. The van der Waals surface area contributed by atoms with Gasteiger partial charge in [-0.25, -0.2) is 5.01 Å². The van der Waals surface area contributed by atoms with E-state index in [1.165, 1.54) is 19.0 Å². The standard InChI is InChI=1S/C14H16N6O3S/c1-8-4-6-10(7-5-8)19(14(15)24)17-13(21)12-11(20(22)23)9(2)16-18(12)3/h4-7H,1-3H3,(H2,15,24)(H,17,21). The SMILES string of the molecule is Cc1ccc(N(NC(=O)c2c([N+](=O)[O-])c(C)nn2C)C(N)=S)cc1. The molecule has 126 valence electrons. The Balaban J connectivity index is 2.38. The van der Waals surface area contributed by atoms with E-state index >= 15 is 0 Å². The number of hydrogen-bond donors (Lipinski definition) is 2. The molecule has 0 unspecified atom stereocenters. The summed E-state index contributed by atoms with van der Waals surface area (Å²) in [5, 5.41) is 16.2. The maximum Gasteiger partial charge on any atom is 0.322 e. The van der Waals surface area contributed by atoms with Gasteiger partial charge in [0.2, 0.25) is 5.69 Å². The molecule has 0 saturated heterocycles. The number of aryl methyl sites for hydroxylation is 3. The lowest BCUT2D eigenvalue weighted by atomic mass is 10.2. The molecule has 1 heterocycles. The third-order valence-electron chi connectivity index (χ3n) is 3.31. The summed E-state index contributed by atoms with van der Waals surface area (Å²) in [6.45, 7) is 3.37. The van der Waals surface area contributed by atoms with Gasteiger partial charge in [-0.1, -0.05) is 17.7 Å². The first-order valence-electron chi connectivity index (χ1n) is 6.87. The van der Waals surface area contributed by atoms with Gasteiger partial charge in [0.05, 0.1) is 10.6 Å². The minimum absolute atomic E-state index is 0.103. The van der Waals surface area contributed by atoms with Gasteiger partial charge >= 0.3 is 5.69 Å². The van der Waals surface area contributed by atoms with Gasteiger partial charge in [0.15, 0.2) is 5.11 Å². The molecule has 0 fully saturated rings. The van der Waals surface area contributed by atoms with Crippen LogP contribution in [0.5, 0.6) is 0 Å². The third kappa shape index (κ3) is 3.33. The van der Waals surface area contributed by atoms with Crippen molar-refractivity contribution < 1.29 is 9.72 Å². The molecule has 10 heteroatoms. The van der Waals surface area contributed by atoms with E-state index in [1.807, 2.05) is 19.1 Å². The predicted octanol–water partition coefficient (Wildman–Crippen LogP) is 1.34. The highest BCUT2D eigenvalue weighted by molar-refractivity contribution is 7.80. The number of thiocarbonyl (C=S) groups is 1. The van der Waals surface area contributed by atoms with Crippen molar-refractivity contribution in [2.24, 2.45) is 12.8 Å². The van der Waals surface area contributed by atoms with Crippen molar-refractivity contribution in [3.8, 4) is 0 Å². The van der Waals surface area contributed by atoms with Crippen molar-refractivity contribution in [1.29, 1.82) is 0 Å². The van der Waals surface area contributed by atoms with Crippen LogP contribution < -0.4 is 16.2 Å². The largest absolute Gasteiger partial charge is 0.374 e. The third-order valence-corrected chi connectivity index (χ3v) is 3.50. The Kier molecular flexibility index (Phi) is 4.79. The van der Waals surface area contributed by atoms with Crippen LogP contribution in [0.4, 0.5) is 11.4 Å². The summed E-state index contributed by atoms with van der Waals surface area (Å²) in [6, 6.07) is 7.09. The summed E-state index contributed by atoms with van der Waals surface area (Å²) in [5.41, 5.74) is 9.29. The highest BCUT2D eigenvalue weighted by atomic mass is 32.1. The molecule has 1 aromatic carbocycles. The number of amides is 1. The van der Waals surface area contributed by atoms with Gasteiger partial charge in [0, 0.05) is 7.05 Å². The van der Waals surface area contributed by atoms with Crippen LogP contribution >= 0.6 is 12.2 Å². The summed E-state index contributed by atoms with van der Waals surface area (Å²) in [5.74, 6) is -0.738. The topological polar surface area (TPSA) is 119 Å². The lowest BCUT2D eigenvalue weighted by Crippen LogP contribution is -2.49. The fourth-order valence-corrected chi connectivity index (χ4v) is 2.37. The lowest BCUT2D eigenvalue weighted by molar-refractivity contribution is -0.385. The quantitative estimate of drug-likeness (QED) is 0.488. The fourth-order valence-electron chi connectivity index (χ4n) is 2.22. The minimum Gasteiger partial charge on any atom is -0.374 e. The molecule has 0 bridgehead atoms. The minimum atomic E-state index is -0.738. The van der Waals surface area contributed by atoms with E-state index in [-0.39, 0.29) is 22.2 Å². The van der Waals surface area contributed by atoms with Gasteiger partial charge < -0.3 is 5.73 Å². The van der Waals surface area contributed by atoms with Crippen molar-refractivity contribution in [3.63, 3.8) is 0 Å². The molecule has 0 saturated carbocycles. The van der Waals surface area contributed by atoms with Gasteiger partial charge in [-0.3, -0.25) is 25.0 Å². The highest BCUT2D eigenvalue weighted by Gasteiger charge is 2.30. The molecule has 1 aromatic heterocycles. The van der Waals surface area contributed by atoms with E-state index in [0.717, 1.165) is 10.2 Å². The van der Waals surface area contributed by atoms with Crippen molar-refractivity contribution in [1.82, 2.24) is 15.2 Å². The Labute approximate surface area is 143 Å². The average Bonchev–Trinajstić information content (AvgIpc) is 2.80. The van der Waals surface area contributed by atoms with Gasteiger partial charge in [-0.2, -0.15) is 5.10 Å². The van der Waals surface area contributed by atoms with Crippen LogP contribution in [0.3, 0.4) is 0 Å². The number of nitrogens with zero attached hydrogens (tertiary/aromatic N) is 4.